The Morgan fingerprint density at radius 1 is 0.714 bits per heavy atom. The first-order chi connectivity index (χ1) is 5.00. The van der Waals surface area contributed by atoms with Crippen molar-refractivity contribution >= 4 is 20.8 Å². The summed E-state index contributed by atoms with van der Waals surface area (Å²) in [6.45, 7) is 0. The van der Waals surface area contributed by atoms with Crippen molar-refractivity contribution in [2.75, 3.05) is 0 Å². The van der Waals surface area contributed by atoms with Gasteiger partial charge in [0.15, 0.2) is 0 Å². The van der Waals surface area contributed by atoms with Crippen molar-refractivity contribution < 1.29 is 104 Å². The number of rotatable bonds is 0. The van der Waals surface area contributed by atoms with E-state index in [-0.39, 0.29) is 58.3 Å². The normalized spacial score (nSPS) is 8.71. The van der Waals surface area contributed by atoms with Crippen molar-refractivity contribution in [3.05, 3.63) is 0 Å². The van der Waals surface area contributed by atoms with Gasteiger partial charge in [-0.3, -0.25) is 28.7 Å². The second-order valence-corrected chi connectivity index (χ2v) is 2.69. The van der Waals surface area contributed by atoms with Crippen molar-refractivity contribution in [1.29, 1.82) is 0 Å². The molecule has 11 nitrogen and oxygen atoms in total. The fourth-order valence-corrected chi connectivity index (χ4v) is 0. The quantitative estimate of drug-likeness (QED) is 0.108. The molecule has 0 aliphatic carbocycles. The first-order valence-corrected chi connectivity index (χ1v) is 4.39. The molecule has 0 rings (SSSR count). The van der Waals surface area contributed by atoms with Crippen LogP contribution in [0, 0.1) is 0 Å². The topological polar surface area (TPSA) is 221 Å². The third kappa shape index (κ3) is 1260. The average Bonchev–Trinajstić information content (AvgIpc) is 1.59. The van der Waals surface area contributed by atoms with Crippen LogP contribution in [0.2, 0.25) is 0 Å². The van der Waals surface area contributed by atoms with Crippen molar-refractivity contribution in [2.24, 2.45) is 0 Å². The van der Waals surface area contributed by atoms with Crippen LogP contribution in [0.15, 0.2) is 0 Å². The molecule has 0 bridgehead atoms. The molecule has 8 N–H and O–H groups in total. The molecule has 0 heterocycles. The number of hydrogen-bond donors (Lipinski definition) is 6. The smallest absolute Gasteiger partial charge is 1.00 e. The fourth-order valence-electron chi connectivity index (χ4n) is 0. The maximum absolute atomic E-state index is 8.74. The van der Waals surface area contributed by atoms with E-state index in [9.17, 15) is 0 Å². The predicted octanol–water partition coefficient (Wildman–Crippen LogP) is -5.00. The average molecular weight is 288 g/mol. The summed E-state index contributed by atoms with van der Waals surface area (Å²) in [5.41, 5.74) is 0. The van der Waals surface area contributed by atoms with E-state index in [0.717, 1.165) is 0 Å². The van der Waals surface area contributed by atoms with E-state index < -0.39 is 20.8 Å². The van der Waals surface area contributed by atoms with Gasteiger partial charge in [0.25, 0.3) is 0 Å². The van der Waals surface area contributed by atoms with Gasteiger partial charge < -0.3 is 6.90 Å². The molecule has 0 aromatic heterocycles. The van der Waals surface area contributed by atoms with Crippen LogP contribution in [0.25, 0.3) is 0 Å². The maximum Gasteiger partial charge on any atom is 1.00 e. The van der Waals surface area contributed by atoms with Crippen molar-refractivity contribution in [2.45, 2.75) is 0 Å². The summed E-state index contributed by atoms with van der Waals surface area (Å²) in [5.74, 6) is 0. The zero-order valence-corrected chi connectivity index (χ0v) is 11.4. The minimum atomic E-state index is -4.67. The summed E-state index contributed by atoms with van der Waals surface area (Å²) in [6.07, 6.45) is 0. The minimum Gasteiger partial charge on any atom is -1.00 e. The summed E-state index contributed by atoms with van der Waals surface area (Å²) in [5, 5.41) is 12.0. The Morgan fingerprint density at radius 3 is 0.714 bits per heavy atom. The molecule has 0 unspecified atom stereocenters. The Hall–Kier alpha value is 1.26. The van der Waals surface area contributed by atoms with E-state index in [2.05, 4.69) is 0 Å². The van der Waals surface area contributed by atoms with Crippen molar-refractivity contribution in [1.82, 2.24) is 0 Å². The zero-order chi connectivity index (χ0) is 11.0. The minimum absolute atomic E-state index is 0. The molecular formula is H9KO11S2. The molecule has 0 aromatic rings. The Labute approximate surface area is 123 Å². The third-order valence-electron chi connectivity index (χ3n) is 0. The molecule has 0 saturated carbocycles. The SMILES string of the molecule is O.O=S(=O)(O)O.O=S(=O)(O)O.OO.[H-].[K+]. The van der Waals surface area contributed by atoms with Crippen LogP contribution in [0.4, 0.5) is 0 Å². The largest absolute Gasteiger partial charge is 1.00 e. The molecule has 0 aliphatic heterocycles. The Balaban J connectivity index is -0.0000000197. The molecule has 0 amide bonds. The standard InChI is InChI=1S/K.2H2O4S.H2O2.H2O.H/c;2*1-5(2,3)4;1-2;;/h;2*(H2,1,2,3,4);1-2H;1H2;/q+1;;;;;-1. The van der Waals surface area contributed by atoms with E-state index in [4.69, 9.17) is 45.6 Å². The molecule has 0 radical (unpaired) electrons. The van der Waals surface area contributed by atoms with Crippen LogP contribution in [-0.2, 0) is 20.8 Å². The molecule has 0 fully saturated rings. The fraction of sp³-hybridized carbons (Fsp3) is 0. The summed E-state index contributed by atoms with van der Waals surface area (Å²) in [4.78, 5) is 0. The third-order valence-corrected chi connectivity index (χ3v) is 0. The van der Waals surface area contributed by atoms with Gasteiger partial charge in [-0.15, -0.1) is 0 Å². The summed E-state index contributed by atoms with van der Waals surface area (Å²) in [6, 6.07) is 0. The van der Waals surface area contributed by atoms with Gasteiger partial charge in [0, 0.05) is 0 Å². The van der Waals surface area contributed by atoms with Gasteiger partial charge in [0.05, 0.1) is 0 Å². The van der Waals surface area contributed by atoms with E-state index in [0.29, 0.717) is 0 Å². The van der Waals surface area contributed by atoms with E-state index in [1.165, 1.54) is 0 Å². The van der Waals surface area contributed by atoms with Gasteiger partial charge in [0.2, 0.25) is 0 Å². The summed E-state index contributed by atoms with van der Waals surface area (Å²) >= 11 is 0. The van der Waals surface area contributed by atoms with E-state index >= 15 is 0 Å². The van der Waals surface area contributed by atoms with E-state index in [1.54, 1.807) is 0 Å². The molecule has 0 saturated heterocycles. The molecule has 14 heteroatoms. The van der Waals surface area contributed by atoms with Gasteiger partial charge in [-0.2, -0.15) is 16.8 Å². The monoisotopic (exact) mass is 288 g/mol. The van der Waals surface area contributed by atoms with Crippen LogP contribution in [0.5, 0.6) is 0 Å². The summed E-state index contributed by atoms with van der Waals surface area (Å²) < 4.78 is 63.2. The second-order valence-electron chi connectivity index (χ2n) is 0.896. The van der Waals surface area contributed by atoms with Crippen molar-refractivity contribution in [3.8, 4) is 0 Å². The first kappa shape index (κ1) is 29.5. The number of hydrogen-bond acceptors (Lipinski definition) is 6. The molecule has 0 aromatic carbocycles. The van der Waals surface area contributed by atoms with Gasteiger partial charge in [-0.1, -0.05) is 0 Å². The maximum atomic E-state index is 8.74. The molecule has 14 heavy (non-hydrogen) atoms. The Bertz CT molecular complexity index is 215. The molecule has 0 spiro atoms. The molecular weight excluding hydrogens is 279 g/mol. The van der Waals surface area contributed by atoms with Crippen LogP contribution in [-0.4, -0.2) is 51.0 Å². The Kier molecular flexibility index (Phi) is 30.0. The van der Waals surface area contributed by atoms with Gasteiger partial charge in [-0.25, -0.2) is 0 Å². The summed E-state index contributed by atoms with van der Waals surface area (Å²) in [7, 11) is -9.33. The second kappa shape index (κ2) is 14.3. The van der Waals surface area contributed by atoms with E-state index in [1.807, 2.05) is 0 Å². The van der Waals surface area contributed by atoms with Gasteiger partial charge >= 0.3 is 72.2 Å². The van der Waals surface area contributed by atoms with Crippen LogP contribution >= 0.6 is 0 Å². The molecule has 88 valence electrons. The predicted molar refractivity (Wildman–Crippen MR) is 38.3 cm³/mol. The van der Waals surface area contributed by atoms with Crippen molar-refractivity contribution in [3.63, 3.8) is 0 Å². The molecule has 0 aliphatic rings. The zero-order valence-electron chi connectivity index (χ0n) is 7.63. The van der Waals surface area contributed by atoms with Gasteiger partial charge in [0.1, 0.15) is 0 Å². The van der Waals surface area contributed by atoms with Crippen LogP contribution in [0.3, 0.4) is 0 Å². The Morgan fingerprint density at radius 2 is 0.714 bits per heavy atom. The van der Waals surface area contributed by atoms with Gasteiger partial charge in [-0.05, 0) is 0 Å². The first-order valence-electron chi connectivity index (χ1n) is 1.60. The van der Waals surface area contributed by atoms with Crippen LogP contribution < -0.4 is 51.4 Å². The molecule has 0 atom stereocenters. The van der Waals surface area contributed by atoms with Crippen LogP contribution in [0.1, 0.15) is 1.43 Å².